The van der Waals surface area contributed by atoms with Gasteiger partial charge in [0.2, 0.25) is 11.7 Å². The molecular formula is C17H14N4O5S. The van der Waals surface area contributed by atoms with Crippen molar-refractivity contribution in [3.8, 4) is 34.5 Å². The molecule has 138 valence electrons. The molecule has 0 amide bonds. The van der Waals surface area contributed by atoms with E-state index in [1.807, 2.05) is 6.07 Å². The number of aromatic nitrogens is 4. The molecule has 1 aromatic carbocycles. The molecule has 0 fully saturated rings. The average Bonchev–Trinajstić information content (AvgIpc) is 3.47. The van der Waals surface area contributed by atoms with Crippen molar-refractivity contribution < 1.29 is 22.8 Å². The quantitative estimate of drug-likeness (QED) is 0.436. The Morgan fingerprint density at radius 2 is 2.04 bits per heavy atom. The fourth-order valence-corrected chi connectivity index (χ4v) is 2.90. The van der Waals surface area contributed by atoms with Crippen molar-refractivity contribution >= 4 is 11.8 Å². The predicted molar refractivity (Wildman–Crippen MR) is 94.4 cm³/mol. The van der Waals surface area contributed by atoms with Gasteiger partial charge in [0.1, 0.15) is 11.5 Å². The first kappa shape index (κ1) is 17.2. The normalized spacial score (nSPS) is 10.9. The van der Waals surface area contributed by atoms with Crippen LogP contribution in [-0.4, -0.2) is 34.6 Å². The van der Waals surface area contributed by atoms with Crippen molar-refractivity contribution in [1.29, 1.82) is 0 Å². The molecule has 0 aliphatic carbocycles. The second-order valence-electron chi connectivity index (χ2n) is 5.22. The zero-order valence-corrected chi connectivity index (χ0v) is 15.2. The van der Waals surface area contributed by atoms with Crippen LogP contribution in [0.2, 0.25) is 0 Å². The van der Waals surface area contributed by atoms with E-state index in [0.717, 1.165) is 0 Å². The molecule has 0 unspecified atom stereocenters. The van der Waals surface area contributed by atoms with Crippen molar-refractivity contribution in [1.82, 2.24) is 20.3 Å². The van der Waals surface area contributed by atoms with Gasteiger partial charge in [-0.25, -0.2) is 0 Å². The molecule has 0 atom stereocenters. The molecule has 27 heavy (non-hydrogen) atoms. The van der Waals surface area contributed by atoms with Crippen molar-refractivity contribution in [2.45, 2.75) is 11.0 Å². The number of hydrogen-bond donors (Lipinski definition) is 0. The molecule has 0 saturated carbocycles. The van der Waals surface area contributed by atoms with Gasteiger partial charge in [0, 0.05) is 6.07 Å². The molecule has 0 aliphatic heterocycles. The van der Waals surface area contributed by atoms with E-state index < -0.39 is 0 Å². The lowest BCUT2D eigenvalue weighted by molar-refractivity contribution is 0.387. The zero-order valence-electron chi connectivity index (χ0n) is 14.4. The number of ether oxygens (including phenoxy) is 2. The van der Waals surface area contributed by atoms with Crippen LogP contribution in [0.3, 0.4) is 0 Å². The predicted octanol–water partition coefficient (Wildman–Crippen LogP) is 3.69. The van der Waals surface area contributed by atoms with E-state index >= 15 is 0 Å². The van der Waals surface area contributed by atoms with Gasteiger partial charge in [-0.2, -0.15) is 4.98 Å². The fourth-order valence-electron chi connectivity index (χ4n) is 2.30. The van der Waals surface area contributed by atoms with Crippen LogP contribution in [0.4, 0.5) is 0 Å². The van der Waals surface area contributed by atoms with Gasteiger partial charge in [-0.05, 0) is 24.3 Å². The smallest absolute Gasteiger partial charge is 0.284 e. The Morgan fingerprint density at radius 3 is 2.81 bits per heavy atom. The summed E-state index contributed by atoms with van der Waals surface area (Å²) in [6.07, 6.45) is 1.54. The van der Waals surface area contributed by atoms with Gasteiger partial charge in [0.05, 0.1) is 31.8 Å². The van der Waals surface area contributed by atoms with Gasteiger partial charge in [-0.15, -0.1) is 10.2 Å². The number of rotatable bonds is 7. The van der Waals surface area contributed by atoms with Crippen LogP contribution in [0.1, 0.15) is 5.89 Å². The number of hydrogen-bond acceptors (Lipinski definition) is 10. The Kier molecular flexibility index (Phi) is 4.79. The van der Waals surface area contributed by atoms with Crippen LogP contribution < -0.4 is 9.47 Å². The van der Waals surface area contributed by atoms with E-state index in [-0.39, 0.29) is 0 Å². The SMILES string of the molecule is COc1ccc(-c2noc(CSc3nnc(-c4ccco4)o3)n2)c(OC)c1. The lowest BCUT2D eigenvalue weighted by Gasteiger charge is -2.07. The molecule has 3 heterocycles. The largest absolute Gasteiger partial charge is 0.497 e. The summed E-state index contributed by atoms with van der Waals surface area (Å²) in [6.45, 7) is 0. The van der Waals surface area contributed by atoms with E-state index in [0.29, 0.717) is 51.4 Å². The van der Waals surface area contributed by atoms with Crippen molar-refractivity contribution in [2.24, 2.45) is 0 Å². The second kappa shape index (κ2) is 7.54. The molecule has 9 nitrogen and oxygen atoms in total. The molecule has 4 aromatic rings. The third kappa shape index (κ3) is 3.65. The molecule has 0 aliphatic rings. The van der Waals surface area contributed by atoms with Gasteiger partial charge in [0.15, 0.2) is 5.76 Å². The molecule has 3 aromatic heterocycles. The zero-order chi connectivity index (χ0) is 18.6. The Balaban J connectivity index is 1.46. The van der Waals surface area contributed by atoms with E-state index in [1.165, 1.54) is 11.8 Å². The summed E-state index contributed by atoms with van der Waals surface area (Å²) in [5, 5.41) is 12.3. The fraction of sp³-hybridized carbons (Fsp3) is 0.176. The minimum absolute atomic E-state index is 0.316. The van der Waals surface area contributed by atoms with E-state index in [2.05, 4.69) is 20.3 Å². The first-order chi connectivity index (χ1) is 13.3. The van der Waals surface area contributed by atoms with Crippen LogP contribution in [0.5, 0.6) is 11.5 Å². The maximum atomic E-state index is 5.53. The van der Waals surface area contributed by atoms with Crippen LogP contribution in [0.15, 0.2) is 55.2 Å². The molecule has 0 N–H and O–H groups in total. The molecule has 0 spiro atoms. The maximum Gasteiger partial charge on any atom is 0.284 e. The van der Waals surface area contributed by atoms with E-state index in [4.69, 9.17) is 22.8 Å². The molecule has 0 bridgehead atoms. The van der Waals surface area contributed by atoms with Gasteiger partial charge < -0.3 is 22.8 Å². The van der Waals surface area contributed by atoms with Crippen LogP contribution in [0, 0.1) is 0 Å². The third-order valence-electron chi connectivity index (χ3n) is 3.58. The lowest BCUT2D eigenvalue weighted by atomic mass is 10.2. The van der Waals surface area contributed by atoms with Gasteiger partial charge in [0.25, 0.3) is 11.1 Å². The molecular weight excluding hydrogens is 372 g/mol. The number of furan rings is 1. The summed E-state index contributed by atoms with van der Waals surface area (Å²) in [7, 11) is 3.16. The number of thioether (sulfide) groups is 1. The van der Waals surface area contributed by atoms with E-state index in [9.17, 15) is 0 Å². The van der Waals surface area contributed by atoms with Crippen LogP contribution >= 0.6 is 11.8 Å². The average molecular weight is 386 g/mol. The summed E-state index contributed by atoms with van der Waals surface area (Å²) >= 11 is 1.29. The molecule has 10 heteroatoms. The van der Waals surface area contributed by atoms with Crippen LogP contribution in [-0.2, 0) is 5.75 Å². The standard InChI is InChI=1S/C17H14N4O5S/c1-22-10-5-6-11(13(8-10)23-2)15-18-14(26-21-15)9-27-17-20-19-16(25-17)12-4-3-7-24-12/h3-8H,9H2,1-2H3. The van der Waals surface area contributed by atoms with Crippen molar-refractivity contribution in [2.75, 3.05) is 14.2 Å². The van der Waals surface area contributed by atoms with E-state index in [1.54, 1.807) is 44.7 Å². The second-order valence-corrected chi connectivity index (χ2v) is 6.14. The highest BCUT2D eigenvalue weighted by molar-refractivity contribution is 7.98. The highest BCUT2D eigenvalue weighted by Gasteiger charge is 2.16. The number of methoxy groups -OCH3 is 2. The molecule has 0 radical (unpaired) electrons. The van der Waals surface area contributed by atoms with Gasteiger partial charge >= 0.3 is 0 Å². The van der Waals surface area contributed by atoms with Gasteiger partial charge in [-0.1, -0.05) is 16.9 Å². The monoisotopic (exact) mass is 386 g/mol. The Labute approximate surface area is 157 Å². The summed E-state index contributed by atoms with van der Waals surface area (Å²) < 4.78 is 26.6. The Bertz CT molecular complexity index is 1030. The lowest BCUT2D eigenvalue weighted by Crippen LogP contribution is -1.91. The Morgan fingerprint density at radius 1 is 1.11 bits per heavy atom. The summed E-state index contributed by atoms with van der Waals surface area (Å²) in [4.78, 5) is 4.39. The first-order valence-electron chi connectivity index (χ1n) is 7.82. The minimum Gasteiger partial charge on any atom is -0.497 e. The van der Waals surface area contributed by atoms with Crippen molar-refractivity contribution in [3.63, 3.8) is 0 Å². The summed E-state index contributed by atoms with van der Waals surface area (Å²) in [6, 6.07) is 8.87. The maximum absolute atomic E-state index is 5.53. The summed E-state index contributed by atoms with van der Waals surface area (Å²) in [5.74, 6) is 3.33. The topological polar surface area (TPSA) is 109 Å². The van der Waals surface area contributed by atoms with Crippen molar-refractivity contribution in [3.05, 3.63) is 42.5 Å². The van der Waals surface area contributed by atoms with Gasteiger partial charge in [-0.3, -0.25) is 0 Å². The molecule has 0 saturated heterocycles. The minimum atomic E-state index is 0.316. The first-order valence-corrected chi connectivity index (χ1v) is 8.80. The highest BCUT2D eigenvalue weighted by atomic mass is 32.2. The molecule has 4 rings (SSSR count). The number of nitrogens with zero attached hydrogens (tertiary/aromatic N) is 4. The summed E-state index contributed by atoms with van der Waals surface area (Å²) in [5.41, 5.74) is 0.705. The highest BCUT2D eigenvalue weighted by Crippen LogP contribution is 2.32. The number of benzene rings is 1. The Hall–Kier alpha value is -3.27. The van der Waals surface area contributed by atoms with Crippen LogP contribution in [0.25, 0.3) is 23.0 Å². The third-order valence-corrected chi connectivity index (χ3v) is 4.38.